The molecule has 0 bridgehead atoms. The Balaban J connectivity index is 1.24. The van der Waals surface area contributed by atoms with Crippen LogP contribution in [0.5, 0.6) is 5.75 Å². The van der Waals surface area contributed by atoms with Crippen molar-refractivity contribution in [1.82, 2.24) is 19.6 Å². The second-order valence-corrected chi connectivity index (χ2v) is 10.5. The molecule has 2 atom stereocenters. The number of likely N-dealkylation sites (N-methyl/N-ethyl adjacent to an activating group) is 1. The Kier molecular flexibility index (Phi) is 6.50. The molecule has 2 aromatic heterocycles. The van der Waals surface area contributed by atoms with Crippen molar-refractivity contribution in [2.75, 3.05) is 45.2 Å². The first-order chi connectivity index (χ1) is 15.6. The normalized spacial score (nSPS) is 22.1. The zero-order valence-corrected chi connectivity index (χ0v) is 20.5. The number of likely N-dealkylation sites (tertiary alicyclic amines) is 1. The van der Waals surface area contributed by atoms with Crippen LogP contribution in [0.25, 0.3) is 4.96 Å². The molecule has 1 aromatic carbocycles. The van der Waals surface area contributed by atoms with Gasteiger partial charge in [0.05, 0.1) is 6.61 Å². The number of halogens is 1. The van der Waals surface area contributed by atoms with Crippen LogP contribution in [-0.2, 0) is 0 Å². The van der Waals surface area contributed by atoms with Crippen molar-refractivity contribution in [3.63, 3.8) is 0 Å². The highest BCUT2D eigenvalue weighted by molar-refractivity contribution is 9.10. The highest BCUT2D eigenvalue weighted by Crippen LogP contribution is 2.30. The summed E-state index contributed by atoms with van der Waals surface area (Å²) in [7, 11) is 2.15. The molecule has 5 rings (SSSR count). The fraction of sp³-hybridized carbons (Fsp3) is 0.478. The maximum absolute atomic E-state index is 12.6. The van der Waals surface area contributed by atoms with E-state index in [2.05, 4.69) is 67.8 Å². The topological polar surface area (TPSA) is 70.9 Å². The second-order valence-electron chi connectivity index (χ2n) is 8.86. The van der Waals surface area contributed by atoms with Gasteiger partial charge >= 0.3 is 0 Å². The quantitative estimate of drug-likeness (QED) is 0.500. The first-order valence-corrected chi connectivity index (χ1v) is 12.8. The Morgan fingerprint density at radius 2 is 2.09 bits per heavy atom. The molecule has 0 saturated carbocycles. The van der Waals surface area contributed by atoms with Crippen LogP contribution in [0.4, 0.5) is 5.82 Å². The number of thiazole rings is 1. The lowest BCUT2D eigenvalue weighted by molar-refractivity contribution is 0.234. The van der Waals surface area contributed by atoms with Crippen molar-refractivity contribution in [2.45, 2.75) is 24.8 Å². The van der Waals surface area contributed by atoms with Crippen LogP contribution >= 0.6 is 27.3 Å². The summed E-state index contributed by atoms with van der Waals surface area (Å²) in [5.41, 5.74) is 1.24. The fourth-order valence-corrected chi connectivity index (χ4v) is 5.65. The summed E-state index contributed by atoms with van der Waals surface area (Å²) < 4.78 is 7.99. The number of aromatic nitrogens is 2. The van der Waals surface area contributed by atoms with Gasteiger partial charge in [-0.3, -0.25) is 9.20 Å². The molecule has 0 radical (unpaired) electrons. The lowest BCUT2D eigenvalue weighted by atomic mass is 9.88. The Hall–Kier alpha value is -1.94. The van der Waals surface area contributed by atoms with E-state index in [1.165, 1.54) is 16.9 Å². The smallest absolute Gasteiger partial charge is 0.275 e. The van der Waals surface area contributed by atoms with Gasteiger partial charge in [0.2, 0.25) is 0 Å². The lowest BCUT2D eigenvalue weighted by Crippen LogP contribution is -2.43. The van der Waals surface area contributed by atoms with Crippen LogP contribution < -0.4 is 20.9 Å². The molecule has 2 N–H and O–H groups in total. The number of anilines is 1. The summed E-state index contributed by atoms with van der Waals surface area (Å²) >= 11 is 4.91. The van der Waals surface area contributed by atoms with Crippen LogP contribution in [0.1, 0.15) is 24.3 Å². The maximum Gasteiger partial charge on any atom is 0.275 e. The standard InChI is InChI=1S/C23H28BrN5O2S/c1-28-13-17(16-2-4-19(5-3-16)31-8-6-15-11-25-12-15)10-18(14-28)26-21-20(24)22(30)29-7-9-32-23(29)27-21/h2-5,7,9,15,17-18,25-26H,6,8,10-14H2,1H3/t17-,18+/m0/s1. The van der Waals surface area contributed by atoms with E-state index in [4.69, 9.17) is 4.74 Å². The average Bonchev–Trinajstić information content (AvgIpc) is 3.22. The third kappa shape index (κ3) is 4.71. The summed E-state index contributed by atoms with van der Waals surface area (Å²) in [5.74, 6) is 2.74. The van der Waals surface area contributed by atoms with E-state index >= 15 is 0 Å². The van der Waals surface area contributed by atoms with Crippen LogP contribution in [-0.4, -0.2) is 60.2 Å². The highest BCUT2D eigenvalue weighted by atomic mass is 79.9. The van der Waals surface area contributed by atoms with Gasteiger partial charge in [-0.2, -0.15) is 0 Å². The van der Waals surface area contributed by atoms with Crippen molar-refractivity contribution >= 4 is 38.0 Å². The summed E-state index contributed by atoms with van der Waals surface area (Å²) in [6, 6.07) is 8.78. The molecule has 0 spiro atoms. The Labute approximate surface area is 199 Å². The van der Waals surface area contributed by atoms with E-state index in [1.54, 1.807) is 10.6 Å². The monoisotopic (exact) mass is 517 g/mol. The van der Waals surface area contributed by atoms with Crippen LogP contribution in [0.2, 0.25) is 0 Å². The molecule has 0 aliphatic carbocycles. The van der Waals surface area contributed by atoms with Crippen molar-refractivity contribution in [1.29, 1.82) is 0 Å². The molecule has 2 aliphatic rings. The lowest BCUT2D eigenvalue weighted by Gasteiger charge is -2.36. The molecule has 0 amide bonds. The van der Waals surface area contributed by atoms with Gasteiger partial charge in [0.25, 0.3) is 5.56 Å². The van der Waals surface area contributed by atoms with Crippen LogP contribution in [0, 0.1) is 5.92 Å². The average molecular weight is 518 g/mol. The van der Waals surface area contributed by atoms with E-state index in [0.717, 1.165) is 57.3 Å². The minimum atomic E-state index is -0.0800. The zero-order valence-electron chi connectivity index (χ0n) is 18.1. The number of benzene rings is 1. The Bertz CT molecular complexity index is 1130. The summed E-state index contributed by atoms with van der Waals surface area (Å²) in [5, 5.41) is 8.71. The van der Waals surface area contributed by atoms with Crippen LogP contribution in [0.3, 0.4) is 0 Å². The molecule has 4 heterocycles. The SMILES string of the molecule is CN1C[C@H](Nc2nc3sccn3c(=O)c2Br)C[C@H](c2ccc(OCCC3CNC3)cc2)C1. The summed E-state index contributed by atoms with van der Waals surface area (Å²) in [6.45, 7) is 4.93. The maximum atomic E-state index is 12.6. The van der Waals surface area contributed by atoms with E-state index in [1.807, 2.05) is 5.38 Å². The van der Waals surface area contributed by atoms with Gasteiger partial charge in [0, 0.05) is 30.7 Å². The van der Waals surface area contributed by atoms with Crippen molar-refractivity contribution in [3.8, 4) is 5.75 Å². The molecule has 2 saturated heterocycles. The van der Waals surface area contributed by atoms with Crippen LogP contribution in [0.15, 0.2) is 45.1 Å². The number of ether oxygens (including phenoxy) is 1. The predicted molar refractivity (Wildman–Crippen MR) is 132 cm³/mol. The molecular formula is C23H28BrN5O2S. The van der Waals surface area contributed by atoms with E-state index < -0.39 is 0 Å². The zero-order chi connectivity index (χ0) is 22.1. The second kappa shape index (κ2) is 9.51. The van der Waals surface area contributed by atoms with Gasteiger partial charge in [0.15, 0.2) is 4.96 Å². The van der Waals surface area contributed by atoms with Crippen molar-refractivity contribution in [2.24, 2.45) is 5.92 Å². The predicted octanol–water partition coefficient (Wildman–Crippen LogP) is 3.41. The van der Waals surface area contributed by atoms with Gasteiger partial charge in [0.1, 0.15) is 16.0 Å². The molecule has 2 fully saturated rings. The summed E-state index contributed by atoms with van der Waals surface area (Å²) in [6.07, 6.45) is 3.85. The number of rotatable bonds is 7. The molecule has 32 heavy (non-hydrogen) atoms. The Morgan fingerprint density at radius 3 is 2.84 bits per heavy atom. The van der Waals surface area contributed by atoms with Gasteiger partial charge in [-0.1, -0.05) is 12.1 Å². The molecule has 170 valence electrons. The fourth-order valence-electron chi connectivity index (χ4n) is 4.55. The highest BCUT2D eigenvalue weighted by Gasteiger charge is 2.27. The van der Waals surface area contributed by atoms with Gasteiger partial charge in [-0.25, -0.2) is 4.98 Å². The summed E-state index contributed by atoms with van der Waals surface area (Å²) in [4.78, 5) is 20.3. The third-order valence-corrected chi connectivity index (χ3v) is 7.87. The first kappa shape index (κ1) is 21.9. The van der Waals surface area contributed by atoms with E-state index in [-0.39, 0.29) is 11.6 Å². The minimum Gasteiger partial charge on any atom is -0.494 e. The van der Waals surface area contributed by atoms with Gasteiger partial charge in [-0.15, -0.1) is 11.3 Å². The largest absolute Gasteiger partial charge is 0.494 e. The van der Waals surface area contributed by atoms with Crippen molar-refractivity contribution in [3.05, 3.63) is 56.2 Å². The molecule has 2 aliphatic heterocycles. The minimum absolute atomic E-state index is 0.0800. The number of piperidine rings is 1. The number of fused-ring (bicyclic) bond motifs is 1. The Morgan fingerprint density at radius 1 is 1.28 bits per heavy atom. The van der Waals surface area contributed by atoms with Gasteiger partial charge < -0.3 is 20.3 Å². The first-order valence-electron chi connectivity index (χ1n) is 11.1. The number of hydrogen-bond acceptors (Lipinski definition) is 7. The molecule has 3 aromatic rings. The van der Waals surface area contributed by atoms with Gasteiger partial charge in [-0.05, 0) is 78.4 Å². The van der Waals surface area contributed by atoms with E-state index in [9.17, 15) is 4.79 Å². The third-order valence-electron chi connectivity index (χ3n) is 6.40. The number of hydrogen-bond donors (Lipinski definition) is 2. The van der Waals surface area contributed by atoms with E-state index in [0.29, 0.717) is 21.2 Å². The van der Waals surface area contributed by atoms with Crippen molar-refractivity contribution < 1.29 is 4.74 Å². The molecule has 7 nitrogen and oxygen atoms in total. The molecular weight excluding hydrogens is 490 g/mol. The molecule has 9 heteroatoms. The number of nitrogens with zero attached hydrogens (tertiary/aromatic N) is 3. The molecule has 0 unspecified atom stereocenters. The number of nitrogens with one attached hydrogen (secondary N) is 2.